The van der Waals surface area contributed by atoms with Crippen LogP contribution in [0.25, 0.3) is 0 Å². The van der Waals surface area contributed by atoms with Crippen molar-refractivity contribution in [2.24, 2.45) is 0 Å². The quantitative estimate of drug-likeness (QED) is 0.568. The summed E-state index contributed by atoms with van der Waals surface area (Å²) in [5.41, 5.74) is 2.57. The van der Waals surface area contributed by atoms with Gasteiger partial charge in [0, 0.05) is 11.7 Å². The molecule has 166 valence electrons. The third kappa shape index (κ3) is 3.96. The summed E-state index contributed by atoms with van der Waals surface area (Å²) in [6.07, 6.45) is 1.68. The van der Waals surface area contributed by atoms with Gasteiger partial charge in [-0.05, 0) is 49.2 Å². The summed E-state index contributed by atoms with van der Waals surface area (Å²) in [6, 6.07) is 23.1. The van der Waals surface area contributed by atoms with Gasteiger partial charge in [0.05, 0.1) is 30.7 Å². The van der Waals surface area contributed by atoms with Crippen molar-refractivity contribution in [2.75, 3.05) is 22.6 Å². The Morgan fingerprint density at radius 2 is 1.59 bits per heavy atom. The number of anilines is 2. The molecule has 0 bridgehead atoms. The maximum atomic E-state index is 13.6. The Kier molecular flexibility index (Phi) is 5.93. The zero-order chi connectivity index (χ0) is 22.9. The molecule has 2 atom stereocenters. The lowest BCUT2D eigenvalue weighted by Gasteiger charge is -2.43. The summed E-state index contributed by atoms with van der Waals surface area (Å²) in [5.74, 6) is 0.331. The first kappa shape index (κ1) is 21.9. The van der Waals surface area contributed by atoms with Crippen LogP contribution in [0, 0.1) is 0 Å². The van der Waals surface area contributed by atoms with Gasteiger partial charge in [-0.1, -0.05) is 48.5 Å². The minimum atomic E-state index is -3.57. The first-order chi connectivity index (χ1) is 15.3. The van der Waals surface area contributed by atoms with Crippen LogP contribution in [0.1, 0.15) is 35.3 Å². The van der Waals surface area contributed by atoms with Crippen LogP contribution < -0.4 is 13.9 Å². The van der Waals surface area contributed by atoms with Gasteiger partial charge in [0.2, 0.25) is 10.0 Å². The molecule has 0 aliphatic carbocycles. The number of hydrogen-bond donors (Lipinski definition) is 0. The molecule has 0 spiro atoms. The van der Waals surface area contributed by atoms with E-state index in [4.69, 9.17) is 4.74 Å². The van der Waals surface area contributed by atoms with E-state index < -0.39 is 16.1 Å². The maximum Gasteiger partial charge on any atom is 0.262 e. The van der Waals surface area contributed by atoms with Crippen molar-refractivity contribution in [2.45, 2.75) is 25.4 Å². The van der Waals surface area contributed by atoms with E-state index in [9.17, 15) is 13.2 Å². The number of methoxy groups -OCH3 is 1. The zero-order valence-corrected chi connectivity index (χ0v) is 19.1. The zero-order valence-electron chi connectivity index (χ0n) is 18.3. The molecule has 0 saturated carbocycles. The molecule has 6 nitrogen and oxygen atoms in total. The number of ether oxygens (including phenoxy) is 1. The van der Waals surface area contributed by atoms with Crippen LogP contribution in [0.4, 0.5) is 11.4 Å². The molecule has 0 N–H and O–H groups in total. The molecular formula is C25H26N2O4S. The predicted octanol–water partition coefficient (Wildman–Crippen LogP) is 4.64. The Morgan fingerprint density at radius 3 is 2.28 bits per heavy atom. The van der Waals surface area contributed by atoms with Crippen LogP contribution in [0.5, 0.6) is 5.75 Å². The highest BCUT2D eigenvalue weighted by Gasteiger charge is 2.40. The van der Waals surface area contributed by atoms with Crippen LogP contribution in [0.15, 0.2) is 78.9 Å². The van der Waals surface area contributed by atoms with Crippen LogP contribution in [0.3, 0.4) is 0 Å². The predicted molar refractivity (Wildman–Crippen MR) is 127 cm³/mol. The second-order valence-corrected chi connectivity index (χ2v) is 9.79. The van der Waals surface area contributed by atoms with Crippen molar-refractivity contribution in [3.05, 3.63) is 90.0 Å². The molecule has 7 heteroatoms. The molecule has 1 amide bonds. The molecule has 0 fully saturated rings. The normalized spacial score (nSPS) is 18.0. The summed E-state index contributed by atoms with van der Waals surface area (Å²) in [7, 11) is -2.03. The average Bonchev–Trinajstić information content (AvgIpc) is 2.78. The molecule has 3 aromatic rings. The van der Waals surface area contributed by atoms with Gasteiger partial charge in [0.15, 0.2) is 0 Å². The first-order valence-corrected chi connectivity index (χ1v) is 12.3. The highest BCUT2D eigenvalue weighted by molar-refractivity contribution is 7.92. The van der Waals surface area contributed by atoms with Gasteiger partial charge >= 0.3 is 0 Å². The lowest BCUT2D eigenvalue weighted by atomic mass is 9.90. The van der Waals surface area contributed by atoms with E-state index in [1.165, 1.54) is 10.6 Å². The van der Waals surface area contributed by atoms with E-state index in [0.29, 0.717) is 29.1 Å². The summed E-state index contributed by atoms with van der Waals surface area (Å²) < 4.78 is 32.7. The number of benzene rings is 3. The molecule has 0 aromatic heterocycles. The fourth-order valence-electron chi connectivity index (χ4n) is 4.44. The standard InChI is InChI=1S/C25H26N2O4S/c1-18-17-23(27(32(3,29)30)19-11-5-4-6-12-19)20-13-7-9-15-22(20)26(18)25(28)21-14-8-10-16-24(21)31-2/h4-16,18,23H,17H2,1-3H3/t18-,23-/m1/s1. The molecule has 0 radical (unpaired) electrons. The number of fused-ring (bicyclic) bond motifs is 1. The van der Waals surface area contributed by atoms with Crippen molar-refractivity contribution in [3.63, 3.8) is 0 Å². The van der Waals surface area contributed by atoms with E-state index in [1.54, 1.807) is 42.3 Å². The van der Waals surface area contributed by atoms with Crippen LogP contribution in [-0.2, 0) is 10.0 Å². The Morgan fingerprint density at radius 1 is 0.969 bits per heavy atom. The number of carbonyl (C=O) groups is 1. The van der Waals surface area contributed by atoms with Crippen molar-refractivity contribution < 1.29 is 17.9 Å². The molecule has 3 aromatic carbocycles. The van der Waals surface area contributed by atoms with Crippen molar-refractivity contribution in [3.8, 4) is 5.75 Å². The summed E-state index contributed by atoms with van der Waals surface area (Å²) in [6.45, 7) is 1.95. The SMILES string of the molecule is COc1ccccc1C(=O)N1c2ccccc2[C@H](N(c2ccccc2)S(C)(=O)=O)C[C@H]1C. The van der Waals surface area contributed by atoms with Gasteiger partial charge in [-0.15, -0.1) is 0 Å². The molecular weight excluding hydrogens is 424 g/mol. The molecule has 0 saturated heterocycles. The third-order valence-electron chi connectivity index (χ3n) is 5.77. The number of rotatable bonds is 5. The number of amides is 1. The smallest absolute Gasteiger partial charge is 0.262 e. The lowest BCUT2D eigenvalue weighted by Crippen LogP contribution is -2.47. The van der Waals surface area contributed by atoms with Crippen molar-refractivity contribution in [1.82, 2.24) is 0 Å². The molecule has 1 aliphatic heterocycles. The second kappa shape index (κ2) is 8.67. The van der Waals surface area contributed by atoms with Crippen molar-refractivity contribution >= 4 is 27.3 Å². The lowest BCUT2D eigenvalue weighted by molar-refractivity contribution is 0.0971. The Labute approximate surface area is 189 Å². The van der Waals surface area contributed by atoms with Gasteiger partial charge in [-0.25, -0.2) is 8.42 Å². The summed E-state index contributed by atoms with van der Waals surface area (Å²) >= 11 is 0. The van der Waals surface area contributed by atoms with Crippen molar-refractivity contribution in [1.29, 1.82) is 0 Å². The molecule has 1 heterocycles. The van der Waals surface area contributed by atoms with Gasteiger partial charge < -0.3 is 9.64 Å². The molecule has 0 unspecified atom stereocenters. The first-order valence-electron chi connectivity index (χ1n) is 10.4. The highest BCUT2D eigenvalue weighted by Crippen LogP contribution is 2.44. The number of sulfonamides is 1. The molecule has 32 heavy (non-hydrogen) atoms. The fourth-order valence-corrected chi connectivity index (χ4v) is 5.61. The van der Waals surface area contributed by atoms with Crippen LogP contribution >= 0.6 is 0 Å². The van der Waals surface area contributed by atoms with E-state index in [1.807, 2.05) is 55.5 Å². The second-order valence-electron chi connectivity index (χ2n) is 7.93. The Bertz CT molecular complexity index is 1230. The van der Waals surface area contributed by atoms with E-state index in [2.05, 4.69) is 0 Å². The molecule has 4 rings (SSSR count). The number of hydrogen-bond acceptors (Lipinski definition) is 4. The fraction of sp³-hybridized carbons (Fsp3) is 0.240. The number of carbonyl (C=O) groups excluding carboxylic acids is 1. The van der Waals surface area contributed by atoms with Crippen LogP contribution in [-0.4, -0.2) is 33.7 Å². The third-order valence-corrected chi connectivity index (χ3v) is 6.95. The topological polar surface area (TPSA) is 66.9 Å². The van der Waals surface area contributed by atoms with Gasteiger partial charge in [0.1, 0.15) is 5.75 Å². The van der Waals surface area contributed by atoms with Gasteiger partial charge in [-0.2, -0.15) is 0 Å². The Balaban J connectivity index is 1.83. The minimum absolute atomic E-state index is 0.175. The van der Waals surface area contributed by atoms with E-state index in [0.717, 1.165) is 5.56 Å². The highest BCUT2D eigenvalue weighted by atomic mass is 32.2. The summed E-state index contributed by atoms with van der Waals surface area (Å²) in [5, 5.41) is 0. The van der Waals surface area contributed by atoms with Crippen LogP contribution in [0.2, 0.25) is 0 Å². The maximum absolute atomic E-state index is 13.6. The minimum Gasteiger partial charge on any atom is -0.496 e. The Hall–Kier alpha value is -3.32. The largest absolute Gasteiger partial charge is 0.496 e. The van der Waals surface area contributed by atoms with Gasteiger partial charge in [0.25, 0.3) is 5.91 Å². The van der Waals surface area contributed by atoms with E-state index >= 15 is 0 Å². The van der Waals surface area contributed by atoms with E-state index in [-0.39, 0.29) is 11.9 Å². The number of para-hydroxylation sites is 3. The number of nitrogens with zero attached hydrogens (tertiary/aromatic N) is 2. The molecule has 1 aliphatic rings. The monoisotopic (exact) mass is 450 g/mol. The average molecular weight is 451 g/mol. The summed E-state index contributed by atoms with van der Waals surface area (Å²) in [4.78, 5) is 15.4. The van der Waals surface area contributed by atoms with Gasteiger partial charge in [-0.3, -0.25) is 9.10 Å².